The van der Waals surface area contributed by atoms with Crippen molar-refractivity contribution in [3.63, 3.8) is 0 Å². The van der Waals surface area contributed by atoms with E-state index in [0.717, 1.165) is 38.4 Å². The number of aromatic nitrogens is 5. The van der Waals surface area contributed by atoms with Crippen LogP contribution in [-0.4, -0.2) is 45.0 Å². The predicted molar refractivity (Wildman–Crippen MR) is 67.4 cm³/mol. The molecule has 18 heavy (non-hydrogen) atoms. The van der Waals surface area contributed by atoms with Crippen LogP contribution in [0.3, 0.4) is 0 Å². The van der Waals surface area contributed by atoms with Gasteiger partial charge in [-0.05, 0) is 35.4 Å². The molecule has 0 saturated heterocycles. The highest BCUT2D eigenvalue weighted by atomic mass is 16.5. The van der Waals surface area contributed by atoms with Crippen molar-refractivity contribution in [1.29, 1.82) is 0 Å². The van der Waals surface area contributed by atoms with Gasteiger partial charge in [0.2, 0.25) is 0 Å². The quantitative estimate of drug-likeness (QED) is 0.708. The normalized spacial score (nSPS) is 10.9. The van der Waals surface area contributed by atoms with Crippen molar-refractivity contribution in [2.24, 2.45) is 0 Å². The molecule has 0 aliphatic rings. The van der Waals surface area contributed by atoms with Crippen molar-refractivity contribution in [2.75, 3.05) is 25.1 Å². The lowest BCUT2D eigenvalue weighted by Gasteiger charge is -2.05. The number of tetrazole rings is 1. The second-order valence-corrected chi connectivity index (χ2v) is 3.99. The molecule has 0 aliphatic heterocycles. The summed E-state index contributed by atoms with van der Waals surface area (Å²) in [6, 6.07) is 3.69. The van der Waals surface area contributed by atoms with Crippen molar-refractivity contribution >= 4 is 11.5 Å². The van der Waals surface area contributed by atoms with Gasteiger partial charge in [-0.1, -0.05) is 13.3 Å². The lowest BCUT2D eigenvalue weighted by molar-refractivity contribution is 0.131. The van der Waals surface area contributed by atoms with Crippen LogP contribution in [0.2, 0.25) is 0 Å². The van der Waals surface area contributed by atoms with Gasteiger partial charge in [0.05, 0.1) is 0 Å². The maximum absolute atomic E-state index is 5.47. The second kappa shape index (κ2) is 6.85. The molecule has 0 spiro atoms. The Bertz CT molecular complexity index is 471. The Morgan fingerprint density at radius 2 is 2.17 bits per heavy atom. The minimum absolute atomic E-state index is 0.642. The number of anilines is 1. The standard InChI is InChI=1S/C11H18N6O/c1-2-3-8-18-9-4-7-12-10-5-6-11-13-15-16-17(11)14-10/h5-6H,2-4,7-9H2,1H3,(H,12,14). The van der Waals surface area contributed by atoms with E-state index >= 15 is 0 Å². The first-order valence-corrected chi connectivity index (χ1v) is 6.27. The predicted octanol–water partition coefficient (Wildman–Crippen LogP) is 1.14. The van der Waals surface area contributed by atoms with Crippen molar-refractivity contribution < 1.29 is 4.74 Å². The topological polar surface area (TPSA) is 77.2 Å². The van der Waals surface area contributed by atoms with Gasteiger partial charge in [-0.15, -0.1) is 14.8 Å². The monoisotopic (exact) mass is 250 g/mol. The summed E-state index contributed by atoms with van der Waals surface area (Å²) in [7, 11) is 0. The Morgan fingerprint density at radius 1 is 1.28 bits per heavy atom. The fraction of sp³-hybridized carbons (Fsp3) is 0.636. The Hall–Kier alpha value is -1.76. The molecule has 7 heteroatoms. The van der Waals surface area contributed by atoms with Crippen LogP contribution in [0.5, 0.6) is 0 Å². The average molecular weight is 250 g/mol. The van der Waals surface area contributed by atoms with Crippen molar-refractivity contribution in [2.45, 2.75) is 26.2 Å². The third-order valence-corrected chi connectivity index (χ3v) is 2.48. The highest BCUT2D eigenvalue weighted by Gasteiger charge is 1.99. The Kier molecular flexibility index (Phi) is 4.83. The molecule has 98 valence electrons. The van der Waals surface area contributed by atoms with Crippen LogP contribution in [0.4, 0.5) is 5.82 Å². The fourth-order valence-corrected chi connectivity index (χ4v) is 1.48. The van der Waals surface area contributed by atoms with Gasteiger partial charge in [-0.2, -0.15) is 0 Å². The van der Waals surface area contributed by atoms with Gasteiger partial charge in [0.15, 0.2) is 5.65 Å². The van der Waals surface area contributed by atoms with Gasteiger partial charge < -0.3 is 10.1 Å². The van der Waals surface area contributed by atoms with E-state index < -0.39 is 0 Å². The number of hydrogen-bond acceptors (Lipinski definition) is 6. The summed E-state index contributed by atoms with van der Waals surface area (Å²) in [6.07, 6.45) is 3.26. The number of fused-ring (bicyclic) bond motifs is 1. The number of ether oxygens (including phenoxy) is 1. The third-order valence-electron chi connectivity index (χ3n) is 2.48. The molecule has 0 aliphatic carbocycles. The molecule has 0 saturated carbocycles. The molecule has 0 unspecified atom stereocenters. The summed E-state index contributed by atoms with van der Waals surface area (Å²) in [6.45, 7) is 4.62. The number of hydrogen-bond donors (Lipinski definition) is 1. The van der Waals surface area contributed by atoms with Gasteiger partial charge in [0, 0.05) is 19.8 Å². The smallest absolute Gasteiger partial charge is 0.200 e. The molecule has 0 atom stereocenters. The van der Waals surface area contributed by atoms with Gasteiger partial charge in [-0.25, -0.2) is 0 Å². The number of nitrogens with zero attached hydrogens (tertiary/aromatic N) is 5. The summed E-state index contributed by atoms with van der Waals surface area (Å²) in [5.41, 5.74) is 0.642. The van der Waals surface area contributed by atoms with Crippen LogP contribution in [0.25, 0.3) is 5.65 Å². The summed E-state index contributed by atoms with van der Waals surface area (Å²) < 4.78 is 6.87. The molecule has 0 bridgehead atoms. The van der Waals surface area contributed by atoms with Crippen LogP contribution in [0.15, 0.2) is 12.1 Å². The number of unbranched alkanes of at least 4 members (excludes halogenated alkanes) is 1. The van der Waals surface area contributed by atoms with Gasteiger partial charge >= 0.3 is 0 Å². The van der Waals surface area contributed by atoms with E-state index in [0.29, 0.717) is 5.65 Å². The molecule has 0 aromatic carbocycles. The maximum atomic E-state index is 5.47. The number of rotatable bonds is 8. The Morgan fingerprint density at radius 3 is 3.06 bits per heavy atom. The molecule has 7 nitrogen and oxygen atoms in total. The molecule has 0 fully saturated rings. The zero-order valence-electron chi connectivity index (χ0n) is 10.5. The van der Waals surface area contributed by atoms with Crippen LogP contribution in [-0.2, 0) is 4.74 Å². The third kappa shape index (κ3) is 3.63. The molecule has 2 rings (SSSR count). The minimum Gasteiger partial charge on any atom is -0.381 e. The maximum Gasteiger partial charge on any atom is 0.200 e. The van der Waals surface area contributed by atoms with E-state index in [2.05, 4.69) is 32.9 Å². The number of nitrogens with one attached hydrogen (secondary N) is 1. The summed E-state index contributed by atoms with van der Waals surface area (Å²) in [5.74, 6) is 0.767. The first-order chi connectivity index (χ1) is 8.90. The molecule has 2 aromatic heterocycles. The summed E-state index contributed by atoms with van der Waals surface area (Å²) >= 11 is 0. The van der Waals surface area contributed by atoms with Crippen LogP contribution in [0.1, 0.15) is 26.2 Å². The van der Waals surface area contributed by atoms with Gasteiger partial charge in [-0.3, -0.25) is 0 Å². The van der Waals surface area contributed by atoms with E-state index in [9.17, 15) is 0 Å². The molecule has 0 amide bonds. The lowest BCUT2D eigenvalue weighted by Crippen LogP contribution is -2.09. The van der Waals surface area contributed by atoms with E-state index in [-0.39, 0.29) is 0 Å². The largest absolute Gasteiger partial charge is 0.381 e. The molecule has 1 N–H and O–H groups in total. The van der Waals surface area contributed by atoms with E-state index in [4.69, 9.17) is 4.74 Å². The molecule has 2 heterocycles. The first kappa shape index (κ1) is 12.7. The van der Waals surface area contributed by atoms with Crippen molar-refractivity contribution in [3.05, 3.63) is 12.1 Å². The Balaban J connectivity index is 1.67. The van der Waals surface area contributed by atoms with E-state index in [1.54, 1.807) is 0 Å². The molecular formula is C11H18N6O. The molecule has 0 radical (unpaired) electrons. The highest BCUT2D eigenvalue weighted by molar-refractivity contribution is 5.41. The SMILES string of the molecule is CCCCOCCCNc1ccc2nnnn2n1. The fourth-order valence-electron chi connectivity index (χ4n) is 1.48. The average Bonchev–Trinajstić information content (AvgIpc) is 2.85. The van der Waals surface area contributed by atoms with Crippen LogP contribution >= 0.6 is 0 Å². The molecule has 2 aromatic rings. The summed E-state index contributed by atoms with van der Waals surface area (Å²) in [4.78, 5) is 0. The van der Waals surface area contributed by atoms with Crippen LogP contribution in [0, 0.1) is 0 Å². The zero-order chi connectivity index (χ0) is 12.6. The molecular weight excluding hydrogens is 232 g/mol. The van der Waals surface area contributed by atoms with Crippen LogP contribution < -0.4 is 5.32 Å². The lowest BCUT2D eigenvalue weighted by atomic mass is 10.3. The van der Waals surface area contributed by atoms with Gasteiger partial charge in [0.25, 0.3) is 0 Å². The van der Waals surface area contributed by atoms with Gasteiger partial charge in [0.1, 0.15) is 5.82 Å². The van der Waals surface area contributed by atoms with Crippen molar-refractivity contribution in [3.8, 4) is 0 Å². The Labute approximate surface area is 106 Å². The first-order valence-electron chi connectivity index (χ1n) is 6.27. The van der Waals surface area contributed by atoms with Crippen molar-refractivity contribution in [1.82, 2.24) is 25.3 Å². The van der Waals surface area contributed by atoms with E-state index in [1.165, 1.54) is 11.1 Å². The minimum atomic E-state index is 0.642. The summed E-state index contributed by atoms with van der Waals surface area (Å²) in [5, 5.41) is 18.5. The zero-order valence-corrected chi connectivity index (χ0v) is 10.5. The second-order valence-electron chi connectivity index (χ2n) is 3.99. The van der Waals surface area contributed by atoms with E-state index in [1.807, 2.05) is 12.1 Å². The highest BCUT2D eigenvalue weighted by Crippen LogP contribution is 2.02.